The lowest BCUT2D eigenvalue weighted by molar-refractivity contribution is 0.0657. The molecule has 4 heterocycles. The first-order chi connectivity index (χ1) is 12.5. The zero-order chi connectivity index (χ0) is 18.4. The normalized spacial score (nSPS) is 17.8. The Balaban J connectivity index is 1.88. The van der Waals surface area contributed by atoms with Gasteiger partial charge in [0.05, 0.1) is 22.3 Å². The standard InChI is InChI=1S/C19H22N4O2S/c1-10-9-20-5-6-23(10)19(24)15-8-16(14-7-11(2)26-13(14)4)21-18-17(15)12(3)22-25-18/h7-8,10,20H,5-6,9H2,1-4H3/t10-/m0/s1. The molecule has 7 heteroatoms. The van der Waals surface area contributed by atoms with Crippen LogP contribution in [0.3, 0.4) is 0 Å². The maximum Gasteiger partial charge on any atom is 0.259 e. The first kappa shape index (κ1) is 17.2. The number of hydrogen-bond donors (Lipinski definition) is 1. The summed E-state index contributed by atoms with van der Waals surface area (Å²) in [4.78, 5) is 22.3. The van der Waals surface area contributed by atoms with Gasteiger partial charge in [0.2, 0.25) is 0 Å². The van der Waals surface area contributed by atoms with Crippen LogP contribution in [0.15, 0.2) is 16.7 Å². The van der Waals surface area contributed by atoms with Crippen molar-refractivity contribution in [3.05, 3.63) is 33.1 Å². The van der Waals surface area contributed by atoms with Gasteiger partial charge in [-0.05, 0) is 39.8 Å². The molecule has 0 saturated carbocycles. The van der Waals surface area contributed by atoms with E-state index >= 15 is 0 Å². The average Bonchev–Trinajstić information content (AvgIpc) is 3.16. The Labute approximate surface area is 156 Å². The molecule has 26 heavy (non-hydrogen) atoms. The highest BCUT2D eigenvalue weighted by Crippen LogP contribution is 2.33. The van der Waals surface area contributed by atoms with E-state index in [-0.39, 0.29) is 11.9 Å². The summed E-state index contributed by atoms with van der Waals surface area (Å²) >= 11 is 1.73. The highest BCUT2D eigenvalue weighted by atomic mass is 32.1. The lowest BCUT2D eigenvalue weighted by Gasteiger charge is -2.34. The first-order valence-electron chi connectivity index (χ1n) is 8.82. The molecule has 4 rings (SSSR count). The van der Waals surface area contributed by atoms with Crippen LogP contribution >= 0.6 is 11.3 Å². The maximum absolute atomic E-state index is 13.4. The summed E-state index contributed by atoms with van der Waals surface area (Å²) < 4.78 is 5.42. The highest BCUT2D eigenvalue weighted by molar-refractivity contribution is 7.12. The number of nitrogens with zero attached hydrogens (tertiary/aromatic N) is 3. The number of carbonyl (C=O) groups is 1. The monoisotopic (exact) mass is 370 g/mol. The Hall–Kier alpha value is -2.25. The Morgan fingerprint density at radius 1 is 1.35 bits per heavy atom. The molecule has 0 radical (unpaired) electrons. The number of carbonyl (C=O) groups excluding carboxylic acids is 1. The molecule has 1 amide bonds. The van der Waals surface area contributed by atoms with Gasteiger partial charge in [-0.1, -0.05) is 5.16 Å². The molecule has 1 aliphatic rings. The van der Waals surface area contributed by atoms with E-state index in [1.54, 1.807) is 11.3 Å². The van der Waals surface area contributed by atoms with E-state index in [4.69, 9.17) is 4.52 Å². The van der Waals surface area contributed by atoms with Crippen LogP contribution < -0.4 is 5.32 Å². The van der Waals surface area contributed by atoms with E-state index in [1.807, 2.05) is 17.9 Å². The quantitative estimate of drug-likeness (QED) is 0.749. The minimum absolute atomic E-state index is 0.0172. The molecule has 1 aliphatic heterocycles. The number of aromatic nitrogens is 2. The van der Waals surface area contributed by atoms with Crippen LogP contribution in [0.4, 0.5) is 0 Å². The van der Waals surface area contributed by atoms with Gasteiger partial charge in [-0.2, -0.15) is 0 Å². The largest absolute Gasteiger partial charge is 0.335 e. The average molecular weight is 370 g/mol. The summed E-state index contributed by atoms with van der Waals surface area (Å²) in [5.41, 5.74) is 3.56. The van der Waals surface area contributed by atoms with Crippen molar-refractivity contribution in [1.29, 1.82) is 0 Å². The number of pyridine rings is 1. The van der Waals surface area contributed by atoms with E-state index in [0.717, 1.165) is 24.3 Å². The number of piperazine rings is 1. The van der Waals surface area contributed by atoms with Gasteiger partial charge < -0.3 is 14.7 Å². The SMILES string of the molecule is Cc1cc(-c2cc(C(=O)N3CCNC[C@@H]3C)c3c(C)noc3n2)c(C)s1. The van der Waals surface area contributed by atoms with Crippen LogP contribution in [0, 0.1) is 20.8 Å². The number of rotatable bonds is 2. The van der Waals surface area contributed by atoms with E-state index in [2.05, 4.69) is 42.3 Å². The molecule has 1 saturated heterocycles. The minimum Gasteiger partial charge on any atom is -0.335 e. The second-order valence-corrected chi connectivity index (χ2v) is 8.34. The second-order valence-electron chi connectivity index (χ2n) is 6.88. The summed E-state index contributed by atoms with van der Waals surface area (Å²) in [6.07, 6.45) is 0. The van der Waals surface area contributed by atoms with Gasteiger partial charge in [0.25, 0.3) is 11.6 Å². The van der Waals surface area contributed by atoms with Crippen LogP contribution in [-0.4, -0.2) is 46.6 Å². The molecule has 1 N–H and O–H groups in total. The molecular weight excluding hydrogens is 348 g/mol. The molecule has 3 aromatic heterocycles. The fourth-order valence-electron chi connectivity index (χ4n) is 3.58. The van der Waals surface area contributed by atoms with Gasteiger partial charge in [0, 0.05) is 41.0 Å². The number of nitrogens with one attached hydrogen (secondary N) is 1. The van der Waals surface area contributed by atoms with Gasteiger partial charge in [-0.25, -0.2) is 4.98 Å². The summed E-state index contributed by atoms with van der Waals surface area (Å²) in [7, 11) is 0. The van der Waals surface area contributed by atoms with Gasteiger partial charge in [0.15, 0.2) is 0 Å². The molecule has 0 aromatic carbocycles. The number of amides is 1. The van der Waals surface area contributed by atoms with Crippen molar-refractivity contribution in [3.63, 3.8) is 0 Å². The van der Waals surface area contributed by atoms with Crippen molar-refractivity contribution in [2.75, 3.05) is 19.6 Å². The second kappa shape index (κ2) is 6.48. The van der Waals surface area contributed by atoms with Crippen molar-refractivity contribution < 1.29 is 9.32 Å². The van der Waals surface area contributed by atoms with Gasteiger partial charge in [0.1, 0.15) is 0 Å². The molecule has 1 fully saturated rings. The third-order valence-electron chi connectivity index (χ3n) is 4.93. The number of aryl methyl sites for hydroxylation is 3. The predicted molar refractivity (Wildman–Crippen MR) is 103 cm³/mol. The Morgan fingerprint density at radius 3 is 2.85 bits per heavy atom. The van der Waals surface area contributed by atoms with Crippen LogP contribution in [0.1, 0.15) is 32.7 Å². The molecule has 0 aliphatic carbocycles. The van der Waals surface area contributed by atoms with Crippen molar-refractivity contribution in [3.8, 4) is 11.3 Å². The fraction of sp³-hybridized carbons (Fsp3) is 0.421. The van der Waals surface area contributed by atoms with E-state index in [9.17, 15) is 4.79 Å². The van der Waals surface area contributed by atoms with Gasteiger partial charge >= 0.3 is 0 Å². The van der Waals surface area contributed by atoms with Gasteiger partial charge in [-0.15, -0.1) is 11.3 Å². The summed E-state index contributed by atoms with van der Waals surface area (Å²) in [5, 5.41) is 8.09. The van der Waals surface area contributed by atoms with Crippen molar-refractivity contribution in [2.45, 2.75) is 33.7 Å². The predicted octanol–water partition coefficient (Wildman–Crippen LogP) is 3.31. The number of hydrogen-bond acceptors (Lipinski definition) is 6. The van der Waals surface area contributed by atoms with Crippen molar-refractivity contribution >= 4 is 28.3 Å². The lowest BCUT2D eigenvalue weighted by Crippen LogP contribution is -2.52. The Kier molecular flexibility index (Phi) is 4.28. The molecular formula is C19H22N4O2S. The summed E-state index contributed by atoms with van der Waals surface area (Å²) in [5.74, 6) is 0.0172. The summed E-state index contributed by atoms with van der Waals surface area (Å²) in [6.45, 7) is 10.4. The van der Waals surface area contributed by atoms with Crippen LogP contribution in [0.2, 0.25) is 0 Å². The van der Waals surface area contributed by atoms with Crippen molar-refractivity contribution in [2.24, 2.45) is 0 Å². The number of thiophene rings is 1. The minimum atomic E-state index is 0.0172. The zero-order valence-electron chi connectivity index (χ0n) is 15.4. The molecule has 0 bridgehead atoms. The Morgan fingerprint density at radius 2 is 2.15 bits per heavy atom. The van der Waals surface area contributed by atoms with Crippen LogP contribution in [-0.2, 0) is 0 Å². The molecule has 0 unspecified atom stereocenters. The molecule has 0 spiro atoms. The molecule has 1 atom stereocenters. The van der Waals surface area contributed by atoms with E-state index in [1.165, 1.54) is 9.75 Å². The topological polar surface area (TPSA) is 71.3 Å². The maximum atomic E-state index is 13.4. The van der Waals surface area contributed by atoms with E-state index < -0.39 is 0 Å². The van der Waals surface area contributed by atoms with Gasteiger partial charge in [-0.3, -0.25) is 4.79 Å². The number of fused-ring (bicyclic) bond motifs is 1. The zero-order valence-corrected chi connectivity index (χ0v) is 16.2. The third-order valence-corrected chi connectivity index (χ3v) is 5.89. The highest BCUT2D eigenvalue weighted by Gasteiger charge is 2.28. The van der Waals surface area contributed by atoms with Crippen molar-refractivity contribution in [1.82, 2.24) is 20.4 Å². The third kappa shape index (κ3) is 2.81. The Bertz CT molecular complexity index is 991. The molecule has 136 valence electrons. The molecule has 6 nitrogen and oxygen atoms in total. The van der Waals surface area contributed by atoms with E-state index in [0.29, 0.717) is 28.9 Å². The molecule has 3 aromatic rings. The smallest absolute Gasteiger partial charge is 0.259 e. The fourth-order valence-corrected chi connectivity index (χ4v) is 4.52. The van der Waals surface area contributed by atoms with Crippen LogP contribution in [0.25, 0.3) is 22.4 Å². The first-order valence-corrected chi connectivity index (χ1v) is 9.63. The lowest BCUT2D eigenvalue weighted by atomic mass is 10.0. The summed E-state index contributed by atoms with van der Waals surface area (Å²) in [6, 6.07) is 4.16. The van der Waals surface area contributed by atoms with Crippen LogP contribution in [0.5, 0.6) is 0 Å².